The molecule has 0 radical (unpaired) electrons. The Hall–Kier alpha value is -0.750. The van der Waals surface area contributed by atoms with Crippen molar-refractivity contribution in [2.75, 3.05) is 7.11 Å². The third-order valence-electron chi connectivity index (χ3n) is 2.18. The summed E-state index contributed by atoms with van der Waals surface area (Å²) < 4.78 is 19.8. The number of ether oxygens (including phenoxy) is 1. The Kier molecular flexibility index (Phi) is 4.28. The van der Waals surface area contributed by atoms with Gasteiger partial charge in [0, 0.05) is 19.4 Å². The van der Waals surface area contributed by atoms with Crippen molar-refractivity contribution in [3.05, 3.63) is 51.9 Å². The van der Waals surface area contributed by atoms with E-state index in [-0.39, 0.29) is 5.82 Å². The van der Waals surface area contributed by atoms with Crippen molar-refractivity contribution in [2.24, 2.45) is 0 Å². The Morgan fingerprint density at radius 2 is 1.82 bits per heavy atom. The molecule has 2 rings (SSSR count). The summed E-state index contributed by atoms with van der Waals surface area (Å²) in [6, 6.07) is 12.9. The summed E-state index contributed by atoms with van der Waals surface area (Å²) in [6.07, 6.45) is 0. The highest BCUT2D eigenvalue weighted by atomic mass is 127. The lowest BCUT2D eigenvalue weighted by Gasteiger charge is -2.05. The zero-order chi connectivity index (χ0) is 12.3. The highest BCUT2D eigenvalue weighted by Crippen LogP contribution is 2.31. The smallest absolute Gasteiger partial charge is 0.140 e. The molecule has 0 N–H and O–H groups in total. The zero-order valence-electron chi connectivity index (χ0n) is 9.11. The van der Waals surface area contributed by atoms with Gasteiger partial charge in [-0.3, -0.25) is 0 Å². The van der Waals surface area contributed by atoms with E-state index in [4.69, 9.17) is 4.74 Å². The average Bonchev–Trinajstić information content (AvgIpc) is 2.34. The van der Waals surface area contributed by atoms with Gasteiger partial charge in [0.05, 0.1) is 7.11 Å². The lowest BCUT2D eigenvalue weighted by Crippen LogP contribution is -1.86. The van der Waals surface area contributed by atoms with Crippen LogP contribution in [0.1, 0.15) is 0 Å². The SMILES string of the molecule is COc1ccc(Sc2ccc(I)cc2)c(F)c1. The molecule has 0 unspecified atom stereocenters. The van der Waals surface area contributed by atoms with E-state index in [9.17, 15) is 4.39 Å². The molecular weight excluding hydrogens is 350 g/mol. The lowest BCUT2D eigenvalue weighted by molar-refractivity contribution is 0.410. The first-order valence-electron chi connectivity index (χ1n) is 4.96. The van der Waals surface area contributed by atoms with Gasteiger partial charge in [0.25, 0.3) is 0 Å². The van der Waals surface area contributed by atoms with E-state index in [1.54, 1.807) is 12.1 Å². The summed E-state index contributed by atoms with van der Waals surface area (Å²) in [5.41, 5.74) is 0. The molecule has 0 aromatic heterocycles. The number of hydrogen-bond donors (Lipinski definition) is 0. The van der Waals surface area contributed by atoms with Crippen molar-refractivity contribution in [3.8, 4) is 5.75 Å². The summed E-state index contributed by atoms with van der Waals surface area (Å²) in [6.45, 7) is 0. The summed E-state index contributed by atoms with van der Waals surface area (Å²) >= 11 is 3.65. The van der Waals surface area contributed by atoms with Crippen LogP contribution < -0.4 is 4.74 Å². The maximum Gasteiger partial charge on any atom is 0.140 e. The second-order valence-electron chi connectivity index (χ2n) is 3.35. The van der Waals surface area contributed by atoms with Crippen LogP contribution in [0.3, 0.4) is 0 Å². The predicted molar refractivity (Wildman–Crippen MR) is 76.2 cm³/mol. The van der Waals surface area contributed by atoms with Gasteiger partial charge in [0.1, 0.15) is 11.6 Å². The minimum atomic E-state index is -0.257. The Bertz CT molecular complexity index is 513. The molecule has 0 saturated heterocycles. The topological polar surface area (TPSA) is 9.23 Å². The number of methoxy groups -OCH3 is 1. The molecule has 0 spiro atoms. The fraction of sp³-hybridized carbons (Fsp3) is 0.0769. The molecule has 2 aromatic carbocycles. The van der Waals surface area contributed by atoms with E-state index in [1.165, 1.54) is 28.5 Å². The van der Waals surface area contributed by atoms with Crippen molar-refractivity contribution in [1.29, 1.82) is 0 Å². The molecule has 0 amide bonds. The van der Waals surface area contributed by atoms with Crippen LogP contribution in [-0.2, 0) is 0 Å². The van der Waals surface area contributed by atoms with E-state index in [2.05, 4.69) is 22.6 Å². The summed E-state index contributed by atoms with van der Waals surface area (Å²) in [7, 11) is 1.53. The molecule has 88 valence electrons. The van der Waals surface area contributed by atoms with Crippen LogP contribution in [0, 0.1) is 9.39 Å². The van der Waals surface area contributed by atoms with Crippen LogP contribution in [0.2, 0.25) is 0 Å². The Balaban J connectivity index is 2.21. The molecule has 0 atom stereocenters. The molecule has 0 heterocycles. The molecule has 0 aliphatic rings. The predicted octanol–water partition coefficient (Wildman–Crippen LogP) is 4.59. The van der Waals surface area contributed by atoms with Crippen LogP contribution >= 0.6 is 34.4 Å². The number of hydrogen-bond acceptors (Lipinski definition) is 2. The highest BCUT2D eigenvalue weighted by Gasteiger charge is 2.05. The maximum absolute atomic E-state index is 13.7. The van der Waals surface area contributed by atoms with Gasteiger partial charge in [-0.2, -0.15) is 0 Å². The number of rotatable bonds is 3. The molecule has 4 heteroatoms. The van der Waals surface area contributed by atoms with Gasteiger partial charge < -0.3 is 4.74 Å². The summed E-state index contributed by atoms with van der Waals surface area (Å²) in [5, 5.41) is 0. The van der Waals surface area contributed by atoms with Crippen LogP contribution in [0.4, 0.5) is 4.39 Å². The van der Waals surface area contributed by atoms with Gasteiger partial charge in [-0.15, -0.1) is 0 Å². The zero-order valence-corrected chi connectivity index (χ0v) is 12.1. The first-order valence-corrected chi connectivity index (χ1v) is 6.85. The second kappa shape index (κ2) is 5.73. The van der Waals surface area contributed by atoms with E-state index in [1.807, 2.05) is 24.3 Å². The Morgan fingerprint density at radius 3 is 2.41 bits per heavy atom. The molecule has 1 nitrogen and oxygen atoms in total. The third-order valence-corrected chi connectivity index (χ3v) is 3.96. The van der Waals surface area contributed by atoms with Crippen LogP contribution in [-0.4, -0.2) is 7.11 Å². The quantitative estimate of drug-likeness (QED) is 0.741. The van der Waals surface area contributed by atoms with Gasteiger partial charge in [-0.25, -0.2) is 4.39 Å². The minimum Gasteiger partial charge on any atom is -0.497 e. The van der Waals surface area contributed by atoms with Gasteiger partial charge in [-0.1, -0.05) is 11.8 Å². The molecule has 0 aliphatic carbocycles. The molecular formula is C13H10FIOS. The van der Waals surface area contributed by atoms with Crippen molar-refractivity contribution in [1.82, 2.24) is 0 Å². The first-order chi connectivity index (χ1) is 8.19. The van der Waals surface area contributed by atoms with E-state index in [0.29, 0.717) is 10.6 Å². The highest BCUT2D eigenvalue weighted by molar-refractivity contribution is 14.1. The monoisotopic (exact) mass is 360 g/mol. The van der Waals surface area contributed by atoms with Gasteiger partial charge in [-0.05, 0) is 59.0 Å². The van der Waals surface area contributed by atoms with Crippen molar-refractivity contribution in [2.45, 2.75) is 9.79 Å². The standard InChI is InChI=1S/C13H10FIOS/c1-16-10-4-7-13(12(14)8-10)17-11-5-2-9(15)3-6-11/h2-8H,1H3. The minimum absolute atomic E-state index is 0.257. The van der Waals surface area contributed by atoms with Crippen LogP contribution in [0.25, 0.3) is 0 Å². The molecule has 0 saturated carbocycles. The largest absolute Gasteiger partial charge is 0.497 e. The van der Waals surface area contributed by atoms with Crippen molar-refractivity contribution >= 4 is 34.4 Å². The third kappa shape index (κ3) is 3.35. The average molecular weight is 360 g/mol. The van der Waals surface area contributed by atoms with Crippen LogP contribution in [0.5, 0.6) is 5.75 Å². The second-order valence-corrected chi connectivity index (χ2v) is 5.71. The van der Waals surface area contributed by atoms with Gasteiger partial charge in [0.15, 0.2) is 0 Å². The number of halogens is 2. The van der Waals surface area contributed by atoms with Crippen LogP contribution in [0.15, 0.2) is 52.3 Å². The molecule has 0 bridgehead atoms. The normalized spacial score (nSPS) is 10.3. The molecule has 0 fully saturated rings. The van der Waals surface area contributed by atoms with E-state index in [0.717, 1.165) is 4.90 Å². The fourth-order valence-corrected chi connectivity index (χ4v) is 2.50. The lowest BCUT2D eigenvalue weighted by atomic mass is 10.3. The number of benzene rings is 2. The maximum atomic E-state index is 13.7. The van der Waals surface area contributed by atoms with E-state index < -0.39 is 0 Å². The fourth-order valence-electron chi connectivity index (χ4n) is 1.32. The first kappa shape index (κ1) is 12.7. The summed E-state index contributed by atoms with van der Waals surface area (Å²) in [4.78, 5) is 1.63. The van der Waals surface area contributed by atoms with Gasteiger partial charge in [0.2, 0.25) is 0 Å². The van der Waals surface area contributed by atoms with Crippen molar-refractivity contribution < 1.29 is 9.13 Å². The Morgan fingerprint density at radius 1 is 1.12 bits per heavy atom. The molecule has 0 aliphatic heterocycles. The van der Waals surface area contributed by atoms with E-state index >= 15 is 0 Å². The van der Waals surface area contributed by atoms with Crippen molar-refractivity contribution in [3.63, 3.8) is 0 Å². The van der Waals surface area contributed by atoms with Gasteiger partial charge >= 0.3 is 0 Å². The Labute approximate surface area is 118 Å². The molecule has 17 heavy (non-hydrogen) atoms. The summed E-state index contributed by atoms with van der Waals surface area (Å²) in [5.74, 6) is 0.280. The molecule has 2 aromatic rings.